The fourth-order valence-corrected chi connectivity index (χ4v) is 3.56. The lowest BCUT2D eigenvalue weighted by atomic mass is 9.93. The largest absolute Gasteiger partial charge is 0.307 e. The fraction of sp³-hybridized carbons (Fsp3) is 0.438. The molecule has 0 bridgehead atoms. The van der Waals surface area contributed by atoms with Gasteiger partial charge in [-0.2, -0.15) is 0 Å². The molecule has 1 unspecified atom stereocenters. The maximum atomic E-state index is 4.82. The standard InChI is InChI=1S/C16H21BrN2S/c1-10-6-7-11(8-12(10)17)14(18-5)15-19-13(9-20-15)16(2,3)4/h6-9,14,18H,1-5H3. The number of rotatable bonds is 3. The average Bonchev–Trinajstić information content (AvgIpc) is 2.84. The zero-order valence-electron chi connectivity index (χ0n) is 12.6. The van der Waals surface area contributed by atoms with Crippen LogP contribution in [0.25, 0.3) is 0 Å². The lowest BCUT2D eigenvalue weighted by Gasteiger charge is -2.17. The molecule has 1 aromatic carbocycles. The highest BCUT2D eigenvalue weighted by Crippen LogP contribution is 2.31. The minimum atomic E-state index is 0.0981. The van der Waals surface area contributed by atoms with E-state index in [2.05, 4.69) is 72.5 Å². The number of nitrogens with zero attached hydrogens (tertiary/aromatic N) is 1. The highest BCUT2D eigenvalue weighted by molar-refractivity contribution is 9.10. The van der Waals surface area contributed by atoms with Gasteiger partial charge in [0.1, 0.15) is 5.01 Å². The Kier molecular flexibility index (Phi) is 4.67. The van der Waals surface area contributed by atoms with E-state index in [4.69, 9.17) is 4.98 Å². The predicted molar refractivity (Wildman–Crippen MR) is 90.6 cm³/mol. The summed E-state index contributed by atoms with van der Waals surface area (Å²) in [6.45, 7) is 8.69. The van der Waals surface area contributed by atoms with Gasteiger partial charge in [0.15, 0.2) is 0 Å². The molecule has 1 aromatic heterocycles. The first-order valence-corrected chi connectivity index (χ1v) is 8.39. The normalized spacial score (nSPS) is 13.5. The predicted octanol–water partition coefficient (Wildman–Crippen LogP) is 4.82. The van der Waals surface area contributed by atoms with Gasteiger partial charge in [-0.15, -0.1) is 11.3 Å². The van der Waals surface area contributed by atoms with Crippen LogP contribution in [0.5, 0.6) is 0 Å². The number of aromatic nitrogens is 1. The Morgan fingerprint density at radius 1 is 1.30 bits per heavy atom. The zero-order valence-corrected chi connectivity index (χ0v) is 15.0. The lowest BCUT2D eigenvalue weighted by molar-refractivity contribution is 0.566. The van der Waals surface area contributed by atoms with Gasteiger partial charge in [0.05, 0.1) is 11.7 Å². The van der Waals surface area contributed by atoms with Gasteiger partial charge < -0.3 is 5.32 Å². The molecule has 108 valence electrons. The molecule has 2 nitrogen and oxygen atoms in total. The van der Waals surface area contributed by atoms with E-state index in [9.17, 15) is 0 Å². The Labute approximate surface area is 133 Å². The van der Waals surface area contributed by atoms with Gasteiger partial charge in [-0.25, -0.2) is 4.98 Å². The summed E-state index contributed by atoms with van der Waals surface area (Å²) in [4.78, 5) is 4.82. The monoisotopic (exact) mass is 352 g/mol. The Bertz CT molecular complexity index is 599. The number of aryl methyl sites for hydroxylation is 1. The van der Waals surface area contributed by atoms with E-state index in [0.29, 0.717) is 0 Å². The highest BCUT2D eigenvalue weighted by Gasteiger charge is 2.21. The van der Waals surface area contributed by atoms with Crippen molar-refractivity contribution in [3.63, 3.8) is 0 Å². The first-order chi connectivity index (χ1) is 9.32. The molecule has 2 rings (SSSR count). The molecule has 1 atom stereocenters. The van der Waals surface area contributed by atoms with Gasteiger partial charge >= 0.3 is 0 Å². The van der Waals surface area contributed by atoms with Crippen LogP contribution in [0.2, 0.25) is 0 Å². The molecule has 0 amide bonds. The second-order valence-electron chi connectivity index (χ2n) is 6.05. The molecule has 0 aliphatic heterocycles. The molecular formula is C16H21BrN2S. The van der Waals surface area contributed by atoms with Crippen LogP contribution in [0, 0.1) is 6.92 Å². The first kappa shape index (κ1) is 15.7. The minimum Gasteiger partial charge on any atom is -0.307 e. The number of halogens is 1. The Morgan fingerprint density at radius 2 is 2.00 bits per heavy atom. The maximum Gasteiger partial charge on any atom is 0.114 e. The van der Waals surface area contributed by atoms with E-state index in [-0.39, 0.29) is 11.5 Å². The number of thiazole rings is 1. The van der Waals surface area contributed by atoms with Gasteiger partial charge in [-0.1, -0.05) is 48.8 Å². The van der Waals surface area contributed by atoms with E-state index in [1.165, 1.54) is 11.1 Å². The molecule has 1 heterocycles. The smallest absolute Gasteiger partial charge is 0.114 e. The van der Waals surface area contributed by atoms with Crippen molar-refractivity contribution in [3.05, 3.63) is 49.9 Å². The molecule has 2 aromatic rings. The minimum absolute atomic E-state index is 0.0981. The van der Waals surface area contributed by atoms with Crippen molar-refractivity contribution >= 4 is 27.3 Å². The van der Waals surface area contributed by atoms with Crippen molar-refractivity contribution in [1.82, 2.24) is 10.3 Å². The summed E-state index contributed by atoms with van der Waals surface area (Å²) in [7, 11) is 1.98. The third-order valence-corrected chi connectivity index (χ3v) is 5.12. The summed E-state index contributed by atoms with van der Waals surface area (Å²) in [5, 5.41) is 6.66. The third-order valence-electron chi connectivity index (χ3n) is 3.36. The van der Waals surface area contributed by atoms with Crippen molar-refractivity contribution in [3.8, 4) is 0 Å². The van der Waals surface area contributed by atoms with Gasteiger partial charge in [-0.3, -0.25) is 0 Å². The topological polar surface area (TPSA) is 24.9 Å². The number of benzene rings is 1. The summed E-state index contributed by atoms with van der Waals surface area (Å²) in [6, 6.07) is 6.63. The third kappa shape index (κ3) is 3.30. The molecule has 0 radical (unpaired) electrons. The molecule has 1 N–H and O–H groups in total. The summed E-state index contributed by atoms with van der Waals surface area (Å²) in [6.07, 6.45) is 0. The number of hydrogen-bond donors (Lipinski definition) is 1. The molecular weight excluding hydrogens is 332 g/mol. The van der Waals surface area contributed by atoms with Gasteiger partial charge in [-0.05, 0) is 31.2 Å². The van der Waals surface area contributed by atoms with Crippen molar-refractivity contribution in [1.29, 1.82) is 0 Å². The van der Waals surface area contributed by atoms with E-state index in [1.54, 1.807) is 11.3 Å². The van der Waals surface area contributed by atoms with Crippen LogP contribution in [0.3, 0.4) is 0 Å². The number of hydrogen-bond acceptors (Lipinski definition) is 3. The second-order valence-corrected chi connectivity index (χ2v) is 7.80. The van der Waals surface area contributed by atoms with Crippen LogP contribution in [-0.4, -0.2) is 12.0 Å². The Balaban J connectivity index is 2.37. The highest BCUT2D eigenvalue weighted by atomic mass is 79.9. The summed E-state index contributed by atoms with van der Waals surface area (Å²) in [5.41, 5.74) is 3.74. The van der Waals surface area contributed by atoms with E-state index < -0.39 is 0 Å². The van der Waals surface area contributed by atoms with Crippen LogP contribution in [-0.2, 0) is 5.41 Å². The van der Waals surface area contributed by atoms with E-state index in [0.717, 1.165) is 15.2 Å². The van der Waals surface area contributed by atoms with E-state index in [1.807, 2.05) is 7.05 Å². The molecule has 0 aliphatic rings. The molecule has 0 aliphatic carbocycles. The van der Waals surface area contributed by atoms with Crippen LogP contribution >= 0.6 is 27.3 Å². The molecule has 0 fully saturated rings. The van der Waals surface area contributed by atoms with Crippen molar-refractivity contribution < 1.29 is 0 Å². The van der Waals surface area contributed by atoms with Gasteiger partial charge in [0.25, 0.3) is 0 Å². The zero-order chi connectivity index (χ0) is 14.9. The van der Waals surface area contributed by atoms with Crippen molar-refractivity contribution in [2.45, 2.75) is 39.2 Å². The molecule has 0 saturated carbocycles. The first-order valence-electron chi connectivity index (χ1n) is 6.72. The van der Waals surface area contributed by atoms with Crippen molar-refractivity contribution in [2.75, 3.05) is 7.05 Å². The summed E-state index contributed by atoms with van der Waals surface area (Å²) < 4.78 is 1.14. The van der Waals surface area contributed by atoms with Gasteiger partial charge in [0.2, 0.25) is 0 Å². The van der Waals surface area contributed by atoms with Crippen LogP contribution in [0.1, 0.15) is 48.6 Å². The maximum absolute atomic E-state index is 4.82. The average molecular weight is 353 g/mol. The summed E-state index contributed by atoms with van der Waals surface area (Å²) in [5.74, 6) is 0. The number of nitrogens with one attached hydrogen (secondary N) is 1. The SMILES string of the molecule is CNC(c1ccc(C)c(Br)c1)c1nc(C(C)(C)C)cs1. The molecule has 20 heavy (non-hydrogen) atoms. The second kappa shape index (κ2) is 5.96. The van der Waals surface area contributed by atoms with Crippen LogP contribution in [0.4, 0.5) is 0 Å². The summed E-state index contributed by atoms with van der Waals surface area (Å²) >= 11 is 5.33. The molecule has 0 saturated heterocycles. The molecule has 0 spiro atoms. The van der Waals surface area contributed by atoms with Crippen LogP contribution < -0.4 is 5.32 Å². The van der Waals surface area contributed by atoms with E-state index >= 15 is 0 Å². The molecule has 4 heteroatoms. The lowest BCUT2D eigenvalue weighted by Crippen LogP contribution is -2.18. The quantitative estimate of drug-likeness (QED) is 0.856. The van der Waals surface area contributed by atoms with Crippen molar-refractivity contribution in [2.24, 2.45) is 0 Å². The Hall–Kier alpha value is -0.710. The van der Waals surface area contributed by atoms with Gasteiger partial charge in [0, 0.05) is 15.3 Å². The fourth-order valence-electron chi connectivity index (χ4n) is 1.99. The van der Waals surface area contributed by atoms with Crippen LogP contribution in [0.15, 0.2) is 28.1 Å². The Morgan fingerprint density at radius 3 is 2.50 bits per heavy atom.